The van der Waals surface area contributed by atoms with Crippen molar-refractivity contribution in [2.45, 2.75) is 44.9 Å². The Kier molecular flexibility index (Phi) is 5.68. The Morgan fingerprint density at radius 1 is 0.867 bits per heavy atom. The van der Waals surface area contributed by atoms with Gasteiger partial charge in [0.25, 0.3) is 0 Å². The first-order valence-corrected chi connectivity index (χ1v) is 10.7. The molecule has 2 N–H and O–H groups in total. The van der Waals surface area contributed by atoms with E-state index in [-0.39, 0.29) is 18.0 Å². The molecule has 3 aromatic rings. The van der Waals surface area contributed by atoms with Crippen LogP contribution in [0.1, 0.15) is 53.2 Å². The predicted octanol–water partition coefficient (Wildman–Crippen LogP) is 5.61. The Hall–Kier alpha value is -2.62. The van der Waals surface area contributed by atoms with E-state index in [4.69, 9.17) is 4.74 Å². The molecule has 0 aromatic heterocycles. The minimum absolute atomic E-state index is 0.0144. The van der Waals surface area contributed by atoms with E-state index < -0.39 is 5.60 Å². The van der Waals surface area contributed by atoms with E-state index >= 15 is 0 Å². The Morgan fingerprint density at radius 2 is 1.43 bits per heavy atom. The van der Waals surface area contributed by atoms with Crippen molar-refractivity contribution in [1.82, 2.24) is 5.32 Å². The van der Waals surface area contributed by atoms with Gasteiger partial charge in [0.1, 0.15) is 5.75 Å². The molecule has 0 saturated carbocycles. The number of para-hydroxylation sites is 1. The average Bonchev–Trinajstić information content (AvgIpc) is 2.77. The molecule has 4 rings (SSSR count). The Balaban J connectivity index is 1.81. The molecule has 4 atom stereocenters. The number of benzene rings is 3. The molecule has 0 unspecified atom stereocenters. The number of rotatable bonds is 4. The summed E-state index contributed by atoms with van der Waals surface area (Å²) in [6, 6.07) is 25.1. The predicted molar refractivity (Wildman–Crippen MR) is 122 cm³/mol. The van der Waals surface area contributed by atoms with Crippen LogP contribution < -0.4 is 10.1 Å². The van der Waals surface area contributed by atoms with Crippen molar-refractivity contribution in [3.8, 4) is 5.75 Å². The first-order chi connectivity index (χ1) is 14.4. The van der Waals surface area contributed by atoms with Crippen molar-refractivity contribution < 1.29 is 9.84 Å². The van der Waals surface area contributed by atoms with Gasteiger partial charge < -0.3 is 15.2 Å². The van der Waals surface area contributed by atoms with E-state index in [1.54, 1.807) is 7.11 Å². The maximum atomic E-state index is 12.2. The lowest BCUT2D eigenvalue weighted by Gasteiger charge is -2.48. The SMILES string of the molecule is COc1ccccc1[C@]1(O)C[C@@H](c2ccc(C)cc2)N[C@@H](c2ccc(C)cc2)[C@@H]1C. The molecular formula is C27H31NO2. The van der Waals surface area contributed by atoms with Crippen molar-refractivity contribution in [3.05, 3.63) is 101 Å². The van der Waals surface area contributed by atoms with Crippen LogP contribution in [0.25, 0.3) is 0 Å². The lowest BCUT2D eigenvalue weighted by atomic mass is 9.68. The zero-order valence-corrected chi connectivity index (χ0v) is 18.2. The van der Waals surface area contributed by atoms with Crippen LogP contribution in [0, 0.1) is 19.8 Å². The fraction of sp³-hybridized carbons (Fsp3) is 0.333. The molecule has 0 spiro atoms. The number of ether oxygens (including phenoxy) is 1. The summed E-state index contributed by atoms with van der Waals surface area (Å²) in [6.45, 7) is 6.33. The highest BCUT2D eigenvalue weighted by atomic mass is 16.5. The van der Waals surface area contributed by atoms with Crippen molar-refractivity contribution >= 4 is 0 Å². The van der Waals surface area contributed by atoms with Crippen molar-refractivity contribution in [2.24, 2.45) is 5.92 Å². The third-order valence-electron chi connectivity index (χ3n) is 6.64. The monoisotopic (exact) mass is 401 g/mol. The summed E-state index contributed by atoms with van der Waals surface area (Å²) in [5, 5.41) is 16.0. The van der Waals surface area contributed by atoms with Gasteiger partial charge in [-0.2, -0.15) is 0 Å². The van der Waals surface area contributed by atoms with Crippen LogP contribution >= 0.6 is 0 Å². The second kappa shape index (κ2) is 8.25. The summed E-state index contributed by atoms with van der Waals surface area (Å²) < 4.78 is 5.65. The zero-order chi connectivity index (χ0) is 21.3. The van der Waals surface area contributed by atoms with Crippen molar-refractivity contribution in [1.29, 1.82) is 0 Å². The summed E-state index contributed by atoms with van der Waals surface area (Å²) in [5.41, 5.74) is 4.69. The number of piperidine rings is 1. The molecule has 0 radical (unpaired) electrons. The van der Waals surface area contributed by atoms with Crippen LogP contribution in [-0.2, 0) is 5.60 Å². The first kappa shape index (κ1) is 20.6. The highest BCUT2D eigenvalue weighted by molar-refractivity contribution is 5.41. The molecule has 1 aliphatic heterocycles. The maximum Gasteiger partial charge on any atom is 0.124 e. The van der Waals surface area contributed by atoms with Crippen LogP contribution in [-0.4, -0.2) is 12.2 Å². The van der Waals surface area contributed by atoms with Crippen LogP contribution in [0.4, 0.5) is 0 Å². The fourth-order valence-corrected chi connectivity index (χ4v) is 4.72. The topological polar surface area (TPSA) is 41.5 Å². The van der Waals surface area contributed by atoms with Crippen LogP contribution in [0.15, 0.2) is 72.8 Å². The summed E-state index contributed by atoms with van der Waals surface area (Å²) in [5.74, 6) is 0.692. The Labute approximate surface area is 179 Å². The van der Waals surface area contributed by atoms with E-state index in [2.05, 4.69) is 74.6 Å². The smallest absolute Gasteiger partial charge is 0.124 e. The van der Waals surface area contributed by atoms with Gasteiger partial charge in [-0.3, -0.25) is 0 Å². The zero-order valence-electron chi connectivity index (χ0n) is 18.2. The number of hydrogen-bond donors (Lipinski definition) is 2. The van der Waals surface area contributed by atoms with Gasteiger partial charge in [-0.15, -0.1) is 0 Å². The Bertz CT molecular complexity index is 996. The third kappa shape index (κ3) is 3.76. The van der Waals surface area contributed by atoms with Crippen LogP contribution in [0.5, 0.6) is 5.75 Å². The first-order valence-electron chi connectivity index (χ1n) is 10.7. The lowest BCUT2D eigenvalue weighted by Crippen LogP contribution is -2.50. The largest absolute Gasteiger partial charge is 0.496 e. The molecule has 156 valence electrons. The number of methoxy groups -OCH3 is 1. The number of hydrogen-bond acceptors (Lipinski definition) is 3. The van der Waals surface area contributed by atoms with Crippen LogP contribution in [0.3, 0.4) is 0 Å². The van der Waals surface area contributed by atoms with Gasteiger partial charge >= 0.3 is 0 Å². The van der Waals surface area contributed by atoms with Gasteiger partial charge in [-0.1, -0.05) is 84.8 Å². The molecule has 0 aliphatic carbocycles. The lowest BCUT2D eigenvalue weighted by molar-refractivity contribution is -0.0755. The highest BCUT2D eigenvalue weighted by Crippen LogP contribution is 2.50. The van der Waals surface area contributed by atoms with Gasteiger partial charge in [0.05, 0.1) is 12.7 Å². The van der Waals surface area contributed by atoms with E-state index in [9.17, 15) is 5.11 Å². The van der Waals surface area contributed by atoms with Crippen molar-refractivity contribution in [2.75, 3.05) is 7.11 Å². The molecule has 1 heterocycles. The molecule has 30 heavy (non-hydrogen) atoms. The molecule has 0 amide bonds. The second-order valence-corrected chi connectivity index (χ2v) is 8.64. The van der Waals surface area contributed by atoms with E-state index in [1.165, 1.54) is 22.3 Å². The molecule has 0 bridgehead atoms. The van der Waals surface area contributed by atoms with Crippen molar-refractivity contribution in [3.63, 3.8) is 0 Å². The molecule has 3 aromatic carbocycles. The minimum atomic E-state index is -1.02. The Morgan fingerprint density at radius 3 is 2.03 bits per heavy atom. The summed E-state index contributed by atoms with van der Waals surface area (Å²) in [6.07, 6.45) is 0.583. The number of aliphatic hydroxyl groups is 1. The van der Waals surface area contributed by atoms with Gasteiger partial charge in [0.2, 0.25) is 0 Å². The van der Waals surface area contributed by atoms with Gasteiger partial charge in [0.15, 0.2) is 0 Å². The highest BCUT2D eigenvalue weighted by Gasteiger charge is 2.48. The number of nitrogens with one attached hydrogen (secondary N) is 1. The molecule has 1 aliphatic rings. The van der Waals surface area contributed by atoms with Gasteiger partial charge in [-0.25, -0.2) is 0 Å². The molecule has 3 heteroatoms. The second-order valence-electron chi connectivity index (χ2n) is 8.64. The fourth-order valence-electron chi connectivity index (χ4n) is 4.72. The number of aryl methyl sites for hydroxylation is 2. The summed E-state index contributed by atoms with van der Waals surface area (Å²) >= 11 is 0. The van der Waals surface area contributed by atoms with E-state index in [1.807, 2.05) is 24.3 Å². The molecular weight excluding hydrogens is 370 g/mol. The quantitative estimate of drug-likeness (QED) is 0.597. The third-order valence-corrected chi connectivity index (χ3v) is 6.64. The average molecular weight is 402 g/mol. The molecule has 1 saturated heterocycles. The van der Waals surface area contributed by atoms with E-state index in [0.717, 1.165) is 11.3 Å². The summed E-state index contributed by atoms with van der Waals surface area (Å²) in [4.78, 5) is 0. The maximum absolute atomic E-state index is 12.2. The van der Waals surface area contributed by atoms with Crippen LogP contribution in [0.2, 0.25) is 0 Å². The minimum Gasteiger partial charge on any atom is -0.496 e. The summed E-state index contributed by atoms with van der Waals surface area (Å²) in [7, 11) is 1.67. The van der Waals surface area contributed by atoms with Gasteiger partial charge in [-0.05, 0) is 31.0 Å². The molecule has 1 fully saturated rings. The standard InChI is InChI=1S/C27H31NO2/c1-18-9-13-21(14-10-18)24-17-27(29,23-7-5-6-8-25(23)30-4)20(3)26(28-24)22-15-11-19(2)12-16-22/h5-16,20,24,26,28-29H,17H2,1-4H3/t20-,24-,26+,27-/m0/s1. The molecule has 3 nitrogen and oxygen atoms in total. The van der Waals surface area contributed by atoms with E-state index in [0.29, 0.717) is 6.42 Å². The normalized spacial score (nSPS) is 26.4. The van der Waals surface area contributed by atoms with Gasteiger partial charge in [0, 0.05) is 30.0 Å².